The minimum Gasteiger partial charge on any atom is -0.434 e. The number of ether oxygens (including phenoxy) is 1. The van der Waals surface area contributed by atoms with Crippen molar-refractivity contribution in [2.24, 2.45) is 0 Å². The third-order valence-corrected chi connectivity index (χ3v) is 5.04. The first kappa shape index (κ1) is 24.4. The molecule has 1 amide bonds. The van der Waals surface area contributed by atoms with Crippen molar-refractivity contribution in [1.29, 1.82) is 0 Å². The van der Waals surface area contributed by atoms with Crippen LogP contribution in [-0.2, 0) is 6.18 Å². The summed E-state index contributed by atoms with van der Waals surface area (Å²) in [7, 11) is 0. The van der Waals surface area contributed by atoms with Crippen molar-refractivity contribution in [3.8, 4) is 5.75 Å². The molecule has 0 saturated carbocycles. The predicted octanol–water partition coefficient (Wildman–Crippen LogP) is 6.28. The summed E-state index contributed by atoms with van der Waals surface area (Å²) >= 11 is 12.1. The summed E-state index contributed by atoms with van der Waals surface area (Å²) in [4.78, 5) is 27.2. The Morgan fingerprint density at radius 2 is 1.83 bits per heavy atom. The Kier molecular flexibility index (Phi) is 6.63. The van der Waals surface area contributed by atoms with Crippen LogP contribution in [0.3, 0.4) is 0 Å². The lowest BCUT2D eigenvalue weighted by Crippen LogP contribution is -2.16. The number of rotatable bonds is 6. The van der Waals surface area contributed by atoms with E-state index in [1.165, 1.54) is 12.4 Å². The van der Waals surface area contributed by atoms with Gasteiger partial charge in [-0.1, -0.05) is 23.2 Å². The molecule has 0 aliphatic heterocycles. The molecule has 35 heavy (non-hydrogen) atoms. The number of nitrogens with zero attached hydrogens (tertiary/aromatic N) is 3. The van der Waals surface area contributed by atoms with E-state index in [0.29, 0.717) is 12.1 Å². The van der Waals surface area contributed by atoms with E-state index in [2.05, 4.69) is 35.3 Å². The van der Waals surface area contributed by atoms with E-state index >= 15 is 0 Å². The maximum Gasteiger partial charge on any atom is 0.416 e. The zero-order chi connectivity index (χ0) is 25.3. The molecule has 0 aliphatic carbocycles. The second-order valence-electron chi connectivity index (χ2n) is 6.81. The van der Waals surface area contributed by atoms with Gasteiger partial charge in [-0.2, -0.15) is 22.0 Å². The third kappa shape index (κ3) is 5.52. The molecule has 0 unspecified atom stereocenters. The summed E-state index contributed by atoms with van der Waals surface area (Å²) in [6.07, 6.45) is -1.17. The second-order valence-corrected chi connectivity index (χ2v) is 7.63. The van der Waals surface area contributed by atoms with Crippen molar-refractivity contribution in [1.82, 2.24) is 19.9 Å². The quantitative estimate of drug-likeness (QED) is 0.252. The van der Waals surface area contributed by atoms with Gasteiger partial charge >= 0.3 is 12.8 Å². The highest BCUT2D eigenvalue weighted by Crippen LogP contribution is 2.33. The number of aromatic nitrogens is 4. The standard InChI is InChI=1S/C20H11Cl2F5N6O2/c21-10-6-28-7-11(22)16(10)33-19-30-12-4-9(14(35-18(23)24)5-13(12)31-19)17(34)32-15-3-8(1-2-29-15)20(25,26)27/h1-7,18H,(H,29,32,34)(H2,28,30,31,33). The van der Waals surface area contributed by atoms with Gasteiger partial charge < -0.3 is 20.4 Å². The van der Waals surface area contributed by atoms with Gasteiger partial charge in [0.25, 0.3) is 5.91 Å². The Morgan fingerprint density at radius 3 is 2.49 bits per heavy atom. The monoisotopic (exact) mass is 532 g/mol. The highest BCUT2D eigenvalue weighted by atomic mass is 35.5. The van der Waals surface area contributed by atoms with Crippen molar-refractivity contribution in [2.75, 3.05) is 10.6 Å². The van der Waals surface area contributed by atoms with Crippen LogP contribution in [0.5, 0.6) is 5.75 Å². The first-order valence-electron chi connectivity index (χ1n) is 9.40. The topological polar surface area (TPSA) is 105 Å². The second kappa shape index (κ2) is 9.50. The van der Waals surface area contributed by atoms with Gasteiger partial charge in [-0.05, 0) is 18.2 Å². The van der Waals surface area contributed by atoms with Crippen LogP contribution in [0.4, 0.5) is 39.4 Å². The Balaban J connectivity index is 1.69. The number of amides is 1. The fraction of sp³-hybridized carbons (Fsp3) is 0.100. The fourth-order valence-corrected chi connectivity index (χ4v) is 3.43. The van der Waals surface area contributed by atoms with Gasteiger partial charge in [0.15, 0.2) is 0 Å². The molecule has 1 aromatic carbocycles. The predicted molar refractivity (Wildman–Crippen MR) is 117 cm³/mol. The van der Waals surface area contributed by atoms with Gasteiger partial charge in [0.05, 0.1) is 37.9 Å². The van der Waals surface area contributed by atoms with Gasteiger partial charge in [0, 0.05) is 24.7 Å². The molecule has 8 nitrogen and oxygen atoms in total. The Morgan fingerprint density at radius 1 is 1.11 bits per heavy atom. The number of fused-ring (bicyclic) bond motifs is 1. The van der Waals surface area contributed by atoms with Gasteiger partial charge in [0.2, 0.25) is 5.95 Å². The van der Waals surface area contributed by atoms with Gasteiger partial charge in [-0.25, -0.2) is 9.97 Å². The number of aromatic amines is 1. The zero-order valence-electron chi connectivity index (χ0n) is 16.9. The SMILES string of the molecule is O=C(Nc1cc(C(F)(F)F)ccn1)c1cc2[nH]c(Nc3c(Cl)cncc3Cl)nc2cc1OC(F)F. The van der Waals surface area contributed by atoms with E-state index in [1.54, 1.807) is 0 Å². The first-order chi connectivity index (χ1) is 16.5. The number of hydrogen-bond acceptors (Lipinski definition) is 6. The number of halogens is 7. The lowest BCUT2D eigenvalue weighted by molar-refractivity contribution is -0.137. The first-order valence-corrected chi connectivity index (χ1v) is 10.2. The van der Waals surface area contributed by atoms with Crippen molar-refractivity contribution in [2.45, 2.75) is 12.8 Å². The Hall–Kier alpha value is -3.71. The fourth-order valence-electron chi connectivity index (χ4n) is 2.98. The van der Waals surface area contributed by atoms with Crippen LogP contribution in [0.15, 0.2) is 42.9 Å². The minimum atomic E-state index is -4.68. The molecule has 0 spiro atoms. The smallest absolute Gasteiger partial charge is 0.416 e. The molecule has 0 fully saturated rings. The van der Waals surface area contributed by atoms with E-state index < -0.39 is 41.4 Å². The molecule has 3 N–H and O–H groups in total. The molecule has 0 radical (unpaired) electrons. The molecule has 182 valence electrons. The lowest BCUT2D eigenvalue weighted by atomic mass is 10.1. The van der Waals surface area contributed by atoms with Gasteiger partial charge in [-0.3, -0.25) is 9.78 Å². The van der Waals surface area contributed by atoms with Crippen LogP contribution in [0.2, 0.25) is 10.0 Å². The van der Waals surface area contributed by atoms with Crippen LogP contribution >= 0.6 is 23.2 Å². The molecule has 4 aromatic rings. The molecule has 0 aliphatic rings. The van der Waals surface area contributed by atoms with E-state index in [1.807, 2.05) is 0 Å². The van der Waals surface area contributed by atoms with Crippen molar-refractivity contribution < 1.29 is 31.5 Å². The Bertz CT molecular complexity index is 1390. The normalized spacial score (nSPS) is 11.7. The highest BCUT2D eigenvalue weighted by Gasteiger charge is 2.31. The summed E-state index contributed by atoms with van der Waals surface area (Å²) in [5, 5.41) is 5.32. The molecule has 15 heteroatoms. The van der Waals surface area contributed by atoms with Crippen molar-refractivity contribution in [3.63, 3.8) is 0 Å². The number of anilines is 3. The summed E-state index contributed by atoms with van der Waals surface area (Å²) in [6.45, 7) is -3.29. The Labute approximate surface area is 202 Å². The molecule has 0 bridgehead atoms. The zero-order valence-corrected chi connectivity index (χ0v) is 18.4. The maximum atomic E-state index is 13.0. The number of hydrogen-bond donors (Lipinski definition) is 3. The largest absolute Gasteiger partial charge is 0.434 e. The van der Waals surface area contributed by atoms with Gasteiger partial charge in [-0.15, -0.1) is 0 Å². The molecule has 3 aromatic heterocycles. The maximum absolute atomic E-state index is 13.0. The number of pyridine rings is 2. The molecule has 0 saturated heterocycles. The molecule has 4 rings (SSSR count). The minimum absolute atomic E-state index is 0.0927. The van der Waals surface area contributed by atoms with Crippen molar-refractivity contribution in [3.05, 3.63) is 64.0 Å². The van der Waals surface area contributed by atoms with E-state index in [0.717, 1.165) is 18.3 Å². The number of alkyl halides is 5. The number of nitrogens with one attached hydrogen (secondary N) is 3. The summed E-state index contributed by atoms with van der Waals surface area (Å²) in [5.74, 6) is -1.95. The number of H-pyrrole nitrogens is 1. The number of carbonyl (C=O) groups excluding carboxylic acids is 1. The van der Waals surface area contributed by atoms with Crippen LogP contribution in [0.1, 0.15) is 15.9 Å². The van der Waals surface area contributed by atoms with E-state index in [9.17, 15) is 26.7 Å². The number of benzene rings is 1. The van der Waals surface area contributed by atoms with E-state index in [4.69, 9.17) is 23.2 Å². The summed E-state index contributed by atoms with van der Waals surface area (Å²) < 4.78 is 69.2. The molecule has 3 heterocycles. The molecular formula is C20H11Cl2F5N6O2. The number of imidazole rings is 1. The molecule has 0 atom stereocenters. The van der Waals surface area contributed by atoms with Crippen LogP contribution < -0.4 is 15.4 Å². The number of carbonyl (C=O) groups is 1. The third-order valence-electron chi connectivity index (χ3n) is 4.47. The molecular weight excluding hydrogens is 522 g/mol. The summed E-state index contributed by atoms with van der Waals surface area (Å²) in [6, 6.07) is 3.52. The average molecular weight is 533 g/mol. The van der Waals surface area contributed by atoms with Crippen LogP contribution in [0, 0.1) is 0 Å². The van der Waals surface area contributed by atoms with Crippen LogP contribution in [0.25, 0.3) is 11.0 Å². The van der Waals surface area contributed by atoms with Gasteiger partial charge in [0.1, 0.15) is 11.6 Å². The average Bonchev–Trinajstić information content (AvgIpc) is 3.16. The van der Waals surface area contributed by atoms with Crippen LogP contribution in [-0.4, -0.2) is 32.5 Å². The van der Waals surface area contributed by atoms with Crippen molar-refractivity contribution >= 4 is 57.6 Å². The summed E-state index contributed by atoms with van der Waals surface area (Å²) in [5.41, 5.74) is -0.872. The highest BCUT2D eigenvalue weighted by molar-refractivity contribution is 6.39. The lowest BCUT2D eigenvalue weighted by Gasteiger charge is -2.12. The van der Waals surface area contributed by atoms with E-state index in [-0.39, 0.29) is 32.7 Å².